The highest BCUT2D eigenvalue weighted by molar-refractivity contribution is 6.42. The summed E-state index contributed by atoms with van der Waals surface area (Å²) in [5.74, 6) is 0. The van der Waals surface area contributed by atoms with Crippen molar-refractivity contribution in [3.8, 4) is 0 Å². The zero-order valence-electron chi connectivity index (χ0n) is 11.6. The van der Waals surface area contributed by atoms with Crippen molar-refractivity contribution in [3.05, 3.63) is 54.4 Å². The zero-order chi connectivity index (χ0) is 17.7. The molecule has 4 nitrogen and oxygen atoms in total. The lowest BCUT2D eigenvalue weighted by molar-refractivity contribution is 1.34. The third-order valence-electron chi connectivity index (χ3n) is 2.58. The number of benzene rings is 2. The summed E-state index contributed by atoms with van der Waals surface area (Å²) in [6.07, 6.45) is 2.76. The van der Waals surface area contributed by atoms with Crippen LogP contribution in [0.1, 0.15) is 0 Å². The predicted octanol–water partition coefficient (Wildman–Crippen LogP) is 7.10. The first-order valence-corrected chi connectivity index (χ1v) is 8.51. The molecule has 0 saturated heterocycles. The molecule has 2 rings (SSSR count). The quantitative estimate of drug-likeness (QED) is 0.381. The van der Waals surface area contributed by atoms with E-state index in [9.17, 15) is 0 Å². The Balaban J connectivity index is 1.97. The average molecular weight is 445 g/mol. The summed E-state index contributed by atoms with van der Waals surface area (Å²) in [6.45, 7) is 0. The van der Waals surface area contributed by atoms with E-state index in [2.05, 4.69) is 21.1 Å². The topological polar surface area (TPSA) is 48.8 Å². The molecule has 0 aliphatic heterocycles. The third kappa shape index (κ3) is 5.31. The summed E-state index contributed by atoms with van der Waals surface area (Å²) >= 11 is 35.7. The van der Waals surface area contributed by atoms with Gasteiger partial charge in [-0.2, -0.15) is 10.2 Å². The number of nitrogens with one attached hydrogen (secondary N) is 2. The van der Waals surface area contributed by atoms with Crippen molar-refractivity contribution in [2.45, 2.75) is 0 Å². The molecule has 0 heterocycles. The Hall–Kier alpha value is -0.880. The molecule has 0 saturated carbocycles. The van der Waals surface area contributed by atoms with Crippen LogP contribution < -0.4 is 10.9 Å². The Labute approximate surface area is 168 Å². The molecule has 126 valence electrons. The van der Waals surface area contributed by atoms with Gasteiger partial charge in [0.15, 0.2) is 0 Å². The van der Waals surface area contributed by atoms with Gasteiger partial charge >= 0.3 is 0 Å². The molecule has 0 spiro atoms. The fourth-order valence-electron chi connectivity index (χ4n) is 1.57. The van der Waals surface area contributed by atoms with Crippen LogP contribution in [0.5, 0.6) is 0 Å². The van der Waals surface area contributed by atoms with Gasteiger partial charge in [0.05, 0.1) is 43.9 Å². The first kappa shape index (κ1) is 19.4. The van der Waals surface area contributed by atoms with Gasteiger partial charge < -0.3 is 0 Å². The highest BCUT2D eigenvalue weighted by atomic mass is 35.5. The lowest BCUT2D eigenvalue weighted by Crippen LogP contribution is -1.95. The maximum Gasteiger partial charge on any atom is 0.0935 e. The number of halogens is 6. The molecule has 0 bridgehead atoms. The van der Waals surface area contributed by atoms with Crippen LogP contribution in [0.4, 0.5) is 11.4 Å². The summed E-state index contributed by atoms with van der Waals surface area (Å²) in [5.41, 5.74) is 6.26. The minimum absolute atomic E-state index is 0.347. The number of anilines is 2. The molecule has 2 aromatic rings. The van der Waals surface area contributed by atoms with Gasteiger partial charge in [-0.15, -0.1) is 0 Å². The molecule has 0 atom stereocenters. The Kier molecular flexibility index (Phi) is 7.29. The minimum Gasteiger partial charge on any atom is -0.275 e. The van der Waals surface area contributed by atoms with Gasteiger partial charge in [0.25, 0.3) is 0 Å². The lowest BCUT2D eigenvalue weighted by Gasteiger charge is -2.06. The molecule has 0 aliphatic rings. The second-order valence-electron chi connectivity index (χ2n) is 4.27. The van der Waals surface area contributed by atoms with E-state index in [0.717, 1.165) is 0 Å². The first-order chi connectivity index (χ1) is 11.4. The average Bonchev–Trinajstić information content (AvgIpc) is 2.46. The third-order valence-corrected chi connectivity index (χ3v) is 4.21. The molecule has 0 unspecified atom stereocenters. The van der Waals surface area contributed by atoms with E-state index in [1.54, 1.807) is 24.3 Å². The normalized spacial score (nSPS) is 11.4. The molecule has 2 aromatic carbocycles. The van der Waals surface area contributed by atoms with E-state index in [1.165, 1.54) is 12.4 Å². The SMILES string of the molecule is Clc1cc(Cl)c(NN=CC=NNc2c(Cl)cc(Cl)cc2Cl)c(Cl)c1. The van der Waals surface area contributed by atoms with Crippen molar-refractivity contribution in [1.82, 2.24) is 0 Å². The molecular formula is C14H8Cl6N4. The number of rotatable bonds is 5. The first-order valence-electron chi connectivity index (χ1n) is 6.24. The summed E-state index contributed by atoms with van der Waals surface area (Å²) in [4.78, 5) is 0. The van der Waals surface area contributed by atoms with E-state index in [0.29, 0.717) is 41.5 Å². The summed E-state index contributed by atoms with van der Waals surface area (Å²) in [6, 6.07) is 6.19. The van der Waals surface area contributed by atoms with Crippen molar-refractivity contribution in [1.29, 1.82) is 0 Å². The molecule has 0 aromatic heterocycles. The van der Waals surface area contributed by atoms with Gasteiger partial charge in [-0.3, -0.25) is 10.9 Å². The fourth-order valence-corrected chi connectivity index (χ4v) is 3.37. The molecule has 10 heteroatoms. The van der Waals surface area contributed by atoms with E-state index < -0.39 is 0 Å². The van der Waals surface area contributed by atoms with Crippen LogP contribution in [0.3, 0.4) is 0 Å². The second-order valence-corrected chi connectivity index (χ2v) is 6.77. The van der Waals surface area contributed by atoms with Gasteiger partial charge in [0.2, 0.25) is 0 Å². The van der Waals surface area contributed by atoms with Crippen molar-refractivity contribution in [3.63, 3.8) is 0 Å². The van der Waals surface area contributed by atoms with Gasteiger partial charge in [-0.25, -0.2) is 0 Å². The monoisotopic (exact) mass is 442 g/mol. The Morgan fingerprint density at radius 2 is 0.875 bits per heavy atom. The largest absolute Gasteiger partial charge is 0.275 e. The summed E-state index contributed by atoms with van der Waals surface area (Å²) < 4.78 is 0. The zero-order valence-corrected chi connectivity index (χ0v) is 16.2. The maximum absolute atomic E-state index is 6.01. The predicted molar refractivity (Wildman–Crippen MR) is 107 cm³/mol. The molecule has 0 fully saturated rings. The van der Waals surface area contributed by atoms with E-state index in [4.69, 9.17) is 69.6 Å². The van der Waals surface area contributed by atoms with E-state index in [1.807, 2.05) is 0 Å². The number of nitrogens with zero attached hydrogens (tertiary/aromatic N) is 2. The van der Waals surface area contributed by atoms with E-state index >= 15 is 0 Å². The van der Waals surface area contributed by atoms with E-state index in [-0.39, 0.29) is 0 Å². The van der Waals surface area contributed by atoms with Crippen molar-refractivity contribution >= 4 is 93.4 Å². The van der Waals surface area contributed by atoms with Crippen LogP contribution in [0.25, 0.3) is 0 Å². The highest BCUT2D eigenvalue weighted by Gasteiger charge is 2.07. The van der Waals surface area contributed by atoms with Crippen LogP contribution >= 0.6 is 69.6 Å². The van der Waals surface area contributed by atoms with Gasteiger partial charge in [0, 0.05) is 10.0 Å². The van der Waals surface area contributed by atoms with Gasteiger partial charge in [-0.1, -0.05) is 69.6 Å². The molecule has 0 amide bonds. The summed E-state index contributed by atoms with van der Waals surface area (Å²) in [7, 11) is 0. The lowest BCUT2D eigenvalue weighted by atomic mass is 10.3. The summed E-state index contributed by atoms with van der Waals surface area (Å²) in [5, 5.41) is 10.1. The molecule has 24 heavy (non-hydrogen) atoms. The number of hydrazone groups is 2. The van der Waals surface area contributed by atoms with Crippen LogP contribution in [0, 0.1) is 0 Å². The number of hydrogen-bond acceptors (Lipinski definition) is 4. The molecule has 0 aliphatic carbocycles. The standard InChI is InChI=1S/C14H8Cl6N4/c15-7-3-9(17)13(10(18)4-7)23-21-1-2-22-24-14-11(19)5-8(16)6-12(14)20/h1-6,23-24H. The van der Waals surface area contributed by atoms with Crippen LogP contribution in [0.2, 0.25) is 30.1 Å². The Bertz CT molecular complexity index is 692. The Morgan fingerprint density at radius 3 is 1.17 bits per heavy atom. The van der Waals surface area contributed by atoms with Gasteiger partial charge in [0.1, 0.15) is 0 Å². The maximum atomic E-state index is 6.01. The van der Waals surface area contributed by atoms with Crippen LogP contribution in [-0.4, -0.2) is 12.4 Å². The van der Waals surface area contributed by atoms with Crippen LogP contribution in [0.15, 0.2) is 34.5 Å². The number of hydrogen-bond donors (Lipinski definition) is 2. The minimum atomic E-state index is 0.347. The van der Waals surface area contributed by atoms with Crippen molar-refractivity contribution in [2.24, 2.45) is 10.2 Å². The molecular weight excluding hydrogens is 437 g/mol. The van der Waals surface area contributed by atoms with Crippen molar-refractivity contribution in [2.75, 3.05) is 10.9 Å². The second kappa shape index (κ2) is 8.99. The van der Waals surface area contributed by atoms with Crippen molar-refractivity contribution < 1.29 is 0 Å². The molecule has 2 N–H and O–H groups in total. The fraction of sp³-hybridized carbons (Fsp3) is 0. The smallest absolute Gasteiger partial charge is 0.0935 e. The van der Waals surface area contributed by atoms with Gasteiger partial charge in [-0.05, 0) is 24.3 Å². The highest BCUT2D eigenvalue weighted by Crippen LogP contribution is 2.34. The Morgan fingerprint density at radius 1 is 0.583 bits per heavy atom. The molecule has 0 radical (unpaired) electrons. The van der Waals surface area contributed by atoms with Crippen LogP contribution in [-0.2, 0) is 0 Å².